The summed E-state index contributed by atoms with van der Waals surface area (Å²) in [6.07, 6.45) is 9.43. The van der Waals surface area contributed by atoms with Crippen molar-refractivity contribution in [3.8, 4) is 0 Å². The van der Waals surface area contributed by atoms with Gasteiger partial charge in [-0.05, 0) is 32.3 Å². The van der Waals surface area contributed by atoms with Crippen LogP contribution >= 0.6 is 0 Å². The second kappa shape index (κ2) is 8.79. The lowest BCUT2D eigenvalue weighted by molar-refractivity contribution is 0.610. The fourth-order valence-corrected chi connectivity index (χ4v) is 3.41. The van der Waals surface area contributed by atoms with Crippen LogP contribution in [0.5, 0.6) is 0 Å². The molecular formula is C20H29N5. The number of nitrogens with zero attached hydrogens (tertiary/aromatic N) is 4. The van der Waals surface area contributed by atoms with Gasteiger partial charge in [0.15, 0.2) is 5.82 Å². The molecule has 0 bridgehead atoms. The standard InChI is InChI=1S/C20H29N5/c1-16(2)25(15-17-10-6-5-7-11-17)19-14-21-24-20(23-19)22-18-12-8-3-4-9-13-18/h5-7,10-11,14,16,18H,3-4,8-9,12-13,15H2,1-2H3,(H,22,23,24). The van der Waals surface area contributed by atoms with Gasteiger partial charge >= 0.3 is 0 Å². The predicted octanol–water partition coefficient (Wildman–Crippen LogP) is 4.42. The van der Waals surface area contributed by atoms with Crippen molar-refractivity contribution in [2.75, 3.05) is 10.2 Å². The van der Waals surface area contributed by atoms with Gasteiger partial charge in [0, 0.05) is 18.6 Å². The van der Waals surface area contributed by atoms with Crippen molar-refractivity contribution < 1.29 is 0 Å². The van der Waals surface area contributed by atoms with Crippen LogP contribution < -0.4 is 10.2 Å². The van der Waals surface area contributed by atoms with Crippen LogP contribution in [0.3, 0.4) is 0 Å². The van der Waals surface area contributed by atoms with E-state index in [0.717, 1.165) is 12.4 Å². The van der Waals surface area contributed by atoms with E-state index in [1.54, 1.807) is 6.20 Å². The summed E-state index contributed by atoms with van der Waals surface area (Å²) in [7, 11) is 0. The molecule has 0 amide bonds. The molecule has 0 spiro atoms. The Kier molecular flexibility index (Phi) is 6.20. The maximum atomic E-state index is 4.76. The summed E-state index contributed by atoms with van der Waals surface area (Å²) >= 11 is 0. The average molecular weight is 339 g/mol. The zero-order chi connectivity index (χ0) is 17.5. The number of aromatic nitrogens is 3. The highest BCUT2D eigenvalue weighted by molar-refractivity contribution is 5.42. The van der Waals surface area contributed by atoms with Gasteiger partial charge in [0.2, 0.25) is 5.95 Å². The molecule has 0 atom stereocenters. The number of hydrogen-bond donors (Lipinski definition) is 1. The average Bonchev–Trinajstić information content (AvgIpc) is 2.89. The van der Waals surface area contributed by atoms with Gasteiger partial charge in [-0.2, -0.15) is 10.1 Å². The van der Waals surface area contributed by atoms with E-state index in [9.17, 15) is 0 Å². The minimum absolute atomic E-state index is 0.336. The molecule has 1 heterocycles. The summed E-state index contributed by atoms with van der Waals surface area (Å²) < 4.78 is 0. The van der Waals surface area contributed by atoms with Crippen molar-refractivity contribution in [3.63, 3.8) is 0 Å². The van der Waals surface area contributed by atoms with E-state index >= 15 is 0 Å². The van der Waals surface area contributed by atoms with E-state index in [-0.39, 0.29) is 0 Å². The molecule has 5 heteroatoms. The van der Waals surface area contributed by atoms with Crippen LogP contribution in [0.15, 0.2) is 36.5 Å². The van der Waals surface area contributed by atoms with Crippen molar-refractivity contribution in [1.82, 2.24) is 15.2 Å². The lowest BCUT2D eigenvalue weighted by Gasteiger charge is -2.28. The largest absolute Gasteiger partial charge is 0.350 e. The van der Waals surface area contributed by atoms with Crippen LogP contribution in [-0.4, -0.2) is 27.3 Å². The van der Waals surface area contributed by atoms with Crippen LogP contribution in [0.2, 0.25) is 0 Å². The second-order valence-electron chi connectivity index (χ2n) is 7.18. The van der Waals surface area contributed by atoms with Gasteiger partial charge in [0.25, 0.3) is 0 Å². The molecule has 1 saturated carbocycles. The number of benzene rings is 1. The number of anilines is 2. The lowest BCUT2D eigenvalue weighted by atomic mass is 10.1. The summed E-state index contributed by atoms with van der Waals surface area (Å²) in [4.78, 5) is 7.02. The Morgan fingerprint density at radius 3 is 2.48 bits per heavy atom. The number of nitrogens with one attached hydrogen (secondary N) is 1. The molecule has 0 radical (unpaired) electrons. The van der Waals surface area contributed by atoms with Crippen molar-refractivity contribution >= 4 is 11.8 Å². The van der Waals surface area contributed by atoms with Gasteiger partial charge in [0.1, 0.15) is 0 Å². The molecule has 1 fully saturated rings. The van der Waals surface area contributed by atoms with Crippen LogP contribution in [0.25, 0.3) is 0 Å². The molecule has 1 aromatic heterocycles. The van der Waals surface area contributed by atoms with Crippen molar-refractivity contribution in [2.45, 2.75) is 71.0 Å². The Morgan fingerprint density at radius 2 is 1.80 bits per heavy atom. The molecular weight excluding hydrogens is 310 g/mol. The molecule has 0 saturated heterocycles. The summed E-state index contributed by atoms with van der Waals surface area (Å²) in [6.45, 7) is 5.19. The Morgan fingerprint density at radius 1 is 1.08 bits per heavy atom. The third-order valence-corrected chi connectivity index (χ3v) is 4.85. The summed E-state index contributed by atoms with van der Waals surface area (Å²) in [6, 6.07) is 11.3. The first kappa shape index (κ1) is 17.6. The third-order valence-electron chi connectivity index (χ3n) is 4.85. The molecule has 1 N–H and O–H groups in total. The van der Waals surface area contributed by atoms with E-state index in [0.29, 0.717) is 18.0 Å². The Labute approximate surface area is 150 Å². The highest BCUT2D eigenvalue weighted by Crippen LogP contribution is 2.21. The van der Waals surface area contributed by atoms with Crippen molar-refractivity contribution in [1.29, 1.82) is 0 Å². The SMILES string of the molecule is CC(C)N(Cc1ccccc1)c1cnnc(NC2CCCCCC2)n1. The van der Waals surface area contributed by atoms with Crippen LogP contribution in [0, 0.1) is 0 Å². The molecule has 2 aromatic rings. The maximum Gasteiger partial charge on any atom is 0.244 e. The number of rotatable bonds is 6. The Hall–Kier alpha value is -2.17. The second-order valence-corrected chi connectivity index (χ2v) is 7.18. The molecule has 0 aliphatic heterocycles. The zero-order valence-electron chi connectivity index (χ0n) is 15.4. The smallest absolute Gasteiger partial charge is 0.244 e. The maximum absolute atomic E-state index is 4.76. The Bertz CT molecular complexity index is 636. The Balaban J connectivity index is 1.73. The van der Waals surface area contributed by atoms with Crippen molar-refractivity contribution in [3.05, 3.63) is 42.1 Å². The van der Waals surface area contributed by atoms with Gasteiger partial charge in [-0.25, -0.2) is 0 Å². The highest BCUT2D eigenvalue weighted by Gasteiger charge is 2.17. The quantitative estimate of drug-likeness (QED) is 0.790. The predicted molar refractivity (Wildman–Crippen MR) is 103 cm³/mol. The van der Waals surface area contributed by atoms with Crippen LogP contribution in [0.1, 0.15) is 57.9 Å². The van der Waals surface area contributed by atoms with Crippen LogP contribution in [-0.2, 0) is 6.54 Å². The topological polar surface area (TPSA) is 53.9 Å². The van der Waals surface area contributed by atoms with Gasteiger partial charge in [0.05, 0.1) is 6.20 Å². The van der Waals surface area contributed by atoms with Gasteiger partial charge in [-0.15, -0.1) is 5.10 Å². The third kappa shape index (κ3) is 5.15. The summed E-state index contributed by atoms with van der Waals surface area (Å²) in [5.41, 5.74) is 1.27. The van der Waals surface area contributed by atoms with Gasteiger partial charge in [-0.3, -0.25) is 0 Å². The number of hydrogen-bond acceptors (Lipinski definition) is 5. The van der Waals surface area contributed by atoms with E-state index < -0.39 is 0 Å². The van der Waals surface area contributed by atoms with E-state index in [1.165, 1.54) is 44.1 Å². The molecule has 1 aliphatic carbocycles. The fraction of sp³-hybridized carbons (Fsp3) is 0.550. The monoisotopic (exact) mass is 339 g/mol. The lowest BCUT2D eigenvalue weighted by Crippen LogP contribution is -2.31. The molecule has 1 aromatic carbocycles. The fourth-order valence-electron chi connectivity index (χ4n) is 3.41. The molecule has 0 unspecified atom stereocenters. The first-order chi connectivity index (χ1) is 12.2. The van der Waals surface area contributed by atoms with E-state index in [1.807, 2.05) is 6.07 Å². The van der Waals surface area contributed by atoms with Crippen molar-refractivity contribution in [2.24, 2.45) is 0 Å². The highest BCUT2D eigenvalue weighted by atomic mass is 15.3. The minimum Gasteiger partial charge on any atom is -0.350 e. The summed E-state index contributed by atoms with van der Waals surface area (Å²) in [5.74, 6) is 1.54. The van der Waals surface area contributed by atoms with E-state index in [4.69, 9.17) is 4.98 Å². The van der Waals surface area contributed by atoms with Gasteiger partial charge in [-0.1, -0.05) is 56.0 Å². The normalized spacial score (nSPS) is 15.8. The zero-order valence-corrected chi connectivity index (χ0v) is 15.4. The van der Waals surface area contributed by atoms with Crippen LogP contribution in [0.4, 0.5) is 11.8 Å². The first-order valence-electron chi connectivity index (χ1n) is 9.49. The van der Waals surface area contributed by atoms with E-state index in [2.05, 4.69) is 58.5 Å². The molecule has 5 nitrogen and oxygen atoms in total. The molecule has 1 aliphatic rings. The van der Waals surface area contributed by atoms with Gasteiger partial charge < -0.3 is 10.2 Å². The molecule has 134 valence electrons. The molecule has 3 rings (SSSR count). The summed E-state index contributed by atoms with van der Waals surface area (Å²) in [5, 5.41) is 11.9. The first-order valence-corrected chi connectivity index (χ1v) is 9.49. The minimum atomic E-state index is 0.336. The molecule has 25 heavy (non-hydrogen) atoms.